The maximum Gasteiger partial charge on any atom is 0.0843 e. The highest BCUT2D eigenvalue weighted by Gasteiger charge is 2.36. The highest BCUT2D eigenvalue weighted by atomic mass is 79.9. The highest BCUT2D eigenvalue weighted by Crippen LogP contribution is 2.29. The molecule has 0 bridgehead atoms. The Balaban J connectivity index is 3.10. The van der Waals surface area contributed by atoms with Crippen molar-refractivity contribution < 1.29 is 4.74 Å². The van der Waals surface area contributed by atoms with Crippen molar-refractivity contribution in [3.05, 3.63) is 15.9 Å². The summed E-state index contributed by atoms with van der Waals surface area (Å²) in [7, 11) is 1.76. The Morgan fingerprint density at radius 1 is 1.40 bits per heavy atom. The molecule has 0 radical (unpaired) electrons. The van der Waals surface area contributed by atoms with Gasteiger partial charge in [-0.05, 0) is 42.6 Å². The Morgan fingerprint density at radius 2 is 2.00 bits per heavy atom. The van der Waals surface area contributed by atoms with Crippen LogP contribution >= 0.6 is 15.9 Å². The summed E-state index contributed by atoms with van der Waals surface area (Å²) >= 11 is 3.64. The number of hydrazine groups is 1. The number of ether oxygens (including phenoxy) is 1. The number of nitrogens with one attached hydrogen (secondary N) is 1. The van der Waals surface area contributed by atoms with E-state index in [1.54, 1.807) is 7.11 Å². The minimum absolute atomic E-state index is 0.0419. The van der Waals surface area contributed by atoms with Gasteiger partial charge in [0.15, 0.2) is 0 Å². The predicted molar refractivity (Wildman–Crippen MR) is 85.5 cm³/mol. The first kappa shape index (κ1) is 17.6. The van der Waals surface area contributed by atoms with Crippen molar-refractivity contribution >= 4 is 15.9 Å². The van der Waals surface area contributed by atoms with Crippen molar-refractivity contribution in [1.82, 2.24) is 15.2 Å². The van der Waals surface area contributed by atoms with Gasteiger partial charge >= 0.3 is 0 Å². The van der Waals surface area contributed by atoms with Gasteiger partial charge in [0.05, 0.1) is 27.5 Å². The van der Waals surface area contributed by atoms with Crippen LogP contribution in [0.1, 0.15) is 45.0 Å². The molecule has 3 N–H and O–H groups in total. The summed E-state index contributed by atoms with van der Waals surface area (Å²) in [5, 5.41) is 4.54. The van der Waals surface area contributed by atoms with Gasteiger partial charge in [0.1, 0.15) is 0 Å². The molecule has 0 aliphatic rings. The van der Waals surface area contributed by atoms with Crippen LogP contribution in [-0.4, -0.2) is 28.5 Å². The van der Waals surface area contributed by atoms with E-state index in [1.165, 1.54) is 0 Å². The summed E-state index contributed by atoms with van der Waals surface area (Å²) in [4.78, 5) is 0. The van der Waals surface area contributed by atoms with E-state index in [9.17, 15) is 0 Å². The molecule has 0 spiro atoms. The van der Waals surface area contributed by atoms with Gasteiger partial charge in [0.25, 0.3) is 0 Å². The third-order valence-corrected chi connectivity index (χ3v) is 5.32. The summed E-state index contributed by atoms with van der Waals surface area (Å²) in [6.07, 6.45) is 2.60. The lowest BCUT2D eigenvalue weighted by atomic mass is 9.85. The molecule has 5 nitrogen and oxygen atoms in total. The van der Waals surface area contributed by atoms with Crippen molar-refractivity contribution in [2.75, 3.05) is 7.11 Å². The van der Waals surface area contributed by atoms with Crippen LogP contribution < -0.4 is 11.3 Å². The van der Waals surface area contributed by atoms with E-state index in [4.69, 9.17) is 10.6 Å². The van der Waals surface area contributed by atoms with Crippen LogP contribution in [0.5, 0.6) is 0 Å². The second-order valence-electron chi connectivity index (χ2n) is 5.06. The van der Waals surface area contributed by atoms with Gasteiger partial charge in [-0.3, -0.25) is 16.0 Å². The van der Waals surface area contributed by atoms with E-state index in [0.29, 0.717) is 0 Å². The molecule has 20 heavy (non-hydrogen) atoms. The molecular formula is C14H27BrN4O. The molecule has 1 aromatic rings. The Bertz CT molecular complexity index is 421. The van der Waals surface area contributed by atoms with Gasteiger partial charge in [-0.15, -0.1) is 0 Å². The molecule has 1 aromatic heterocycles. The second-order valence-corrected chi connectivity index (χ2v) is 5.85. The molecule has 1 unspecified atom stereocenters. The minimum Gasteiger partial charge on any atom is -0.377 e. The second kappa shape index (κ2) is 7.54. The van der Waals surface area contributed by atoms with Crippen LogP contribution in [0.25, 0.3) is 0 Å². The number of nitrogens with zero attached hydrogens (tertiary/aromatic N) is 2. The Morgan fingerprint density at radius 3 is 2.40 bits per heavy atom. The van der Waals surface area contributed by atoms with Gasteiger partial charge in [0, 0.05) is 20.1 Å². The molecule has 0 aliphatic heterocycles. The third kappa shape index (κ3) is 3.24. The van der Waals surface area contributed by atoms with Gasteiger partial charge in [-0.2, -0.15) is 5.10 Å². The molecule has 0 fully saturated rings. The lowest BCUT2D eigenvalue weighted by Crippen LogP contribution is -2.55. The van der Waals surface area contributed by atoms with Gasteiger partial charge < -0.3 is 4.74 Å². The molecule has 0 saturated carbocycles. The topological polar surface area (TPSA) is 65.1 Å². The van der Waals surface area contributed by atoms with E-state index in [-0.39, 0.29) is 11.6 Å². The molecule has 1 atom stereocenters. The summed E-state index contributed by atoms with van der Waals surface area (Å²) in [5.74, 6) is 5.81. The first-order valence-corrected chi connectivity index (χ1v) is 8.01. The first-order valence-electron chi connectivity index (χ1n) is 7.22. The number of methoxy groups -OCH3 is 1. The average molecular weight is 347 g/mol. The zero-order valence-corrected chi connectivity index (χ0v) is 14.7. The van der Waals surface area contributed by atoms with Gasteiger partial charge in [-0.1, -0.05) is 13.8 Å². The minimum atomic E-state index is -0.259. The third-order valence-electron chi connectivity index (χ3n) is 4.29. The van der Waals surface area contributed by atoms with Crippen LogP contribution in [0.2, 0.25) is 0 Å². The first-order chi connectivity index (χ1) is 9.49. The summed E-state index contributed by atoms with van der Waals surface area (Å²) in [6, 6.07) is 0.0419. The average Bonchev–Trinajstić information content (AvgIpc) is 2.75. The summed E-state index contributed by atoms with van der Waals surface area (Å²) < 4.78 is 8.88. The zero-order chi connectivity index (χ0) is 15.3. The molecule has 1 rings (SSSR count). The monoisotopic (exact) mass is 346 g/mol. The number of aryl methyl sites for hydroxylation is 2. The van der Waals surface area contributed by atoms with Crippen LogP contribution in [0.3, 0.4) is 0 Å². The quantitative estimate of drug-likeness (QED) is 0.560. The SMILES string of the molecule is CCn1nc(C)c(Br)c1CC(NN)C(CC)(CC)OC. The van der Waals surface area contributed by atoms with Crippen molar-refractivity contribution in [3.8, 4) is 0 Å². The van der Waals surface area contributed by atoms with Crippen LogP contribution in [-0.2, 0) is 17.7 Å². The van der Waals surface area contributed by atoms with Gasteiger partial charge in [-0.25, -0.2) is 0 Å². The Labute approximate surface area is 130 Å². The molecule has 116 valence electrons. The van der Waals surface area contributed by atoms with E-state index < -0.39 is 0 Å². The fourth-order valence-electron chi connectivity index (χ4n) is 2.83. The van der Waals surface area contributed by atoms with Crippen LogP contribution in [0.4, 0.5) is 0 Å². The molecule has 1 heterocycles. The molecule has 0 amide bonds. The largest absolute Gasteiger partial charge is 0.377 e. The number of halogens is 1. The van der Waals surface area contributed by atoms with E-state index >= 15 is 0 Å². The Kier molecular flexibility index (Phi) is 6.64. The summed E-state index contributed by atoms with van der Waals surface area (Å²) in [5.41, 5.74) is 4.86. The molecular weight excluding hydrogens is 320 g/mol. The van der Waals surface area contributed by atoms with Crippen molar-refractivity contribution in [2.24, 2.45) is 5.84 Å². The van der Waals surface area contributed by atoms with Crippen LogP contribution in [0, 0.1) is 6.92 Å². The van der Waals surface area contributed by atoms with Crippen LogP contribution in [0.15, 0.2) is 4.47 Å². The lowest BCUT2D eigenvalue weighted by molar-refractivity contribution is -0.0477. The lowest BCUT2D eigenvalue weighted by Gasteiger charge is -2.38. The number of rotatable bonds is 8. The predicted octanol–water partition coefficient (Wildman–Crippen LogP) is 2.55. The fraction of sp³-hybridized carbons (Fsp3) is 0.786. The molecule has 0 saturated heterocycles. The zero-order valence-electron chi connectivity index (χ0n) is 13.2. The number of nitrogens with two attached hydrogens (primary N) is 1. The fourth-order valence-corrected chi connectivity index (χ4v) is 3.27. The molecule has 6 heteroatoms. The maximum absolute atomic E-state index is 5.81. The van der Waals surface area contributed by atoms with Gasteiger partial charge in [0.2, 0.25) is 0 Å². The maximum atomic E-state index is 5.81. The molecule has 0 aromatic carbocycles. The number of aromatic nitrogens is 2. The highest BCUT2D eigenvalue weighted by molar-refractivity contribution is 9.10. The van der Waals surface area contributed by atoms with E-state index in [0.717, 1.165) is 41.7 Å². The Hall–Kier alpha value is -0.430. The van der Waals surface area contributed by atoms with Crippen molar-refractivity contribution in [2.45, 2.75) is 65.1 Å². The number of hydrogen-bond donors (Lipinski definition) is 2. The number of hydrogen-bond acceptors (Lipinski definition) is 4. The van der Waals surface area contributed by atoms with Crippen molar-refractivity contribution in [1.29, 1.82) is 0 Å². The van der Waals surface area contributed by atoms with E-state index in [1.807, 2.05) is 11.6 Å². The normalized spacial score (nSPS) is 13.8. The van der Waals surface area contributed by atoms with Crippen molar-refractivity contribution in [3.63, 3.8) is 0 Å². The van der Waals surface area contributed by atoms with E-state index in [2.05, 4.69) is 47.2 Å². The summed E-state index contributed by atoms with van der Waals surface area (Å²) in [6.45, 7) is 9.21. The standard InChI is InChI=1S/C14H27BrN4O/c1-6-14(7-2,20-5)12(17-16)9-11-13(15)10(4)18-19(11)8-3/h12,17H,6-9,16H2,1-5H3. The smallest absolute Gasteiger partial charge is 0.0843 e. The molecule has 0 aliphatic carbocycles.